The molecule has 1 aromatic rings. The number of halogens is 1. The molecule has 0 saturated carbocycles. The molecule has 1 unspecified atom stereocenters. The quantitative estimate of drug-likeness (QED) is 0.697. The van der Waals surface area contributed by atoms with Gasteiger partial charge in [-0.15, -0.1) is 0 Å². The summed E-state index contributed by atoms with van der Waals surface area (Å²) in [5.74, 6) is 0.791. The third-order valence-electron chi connectivity index (χ3n) is 1.91. The molecule has 1 aromatic heterocycles. The predicted octanol–water partition coefficient (Wildman–Crippen LogP) is 1.14. The second-order valence-corrected chi connectivity index (χ2v) is 3.56. The van der Waals surface area contributed by atoms with Crippen molar-refractivity contribution in [3.8, 4) is 0 Å². The number of nitrogens with one attached hydrogen (secondary N) is 2. The number of hydrogen-bond acceptors (Lipinski definition) is 6. The van der Waals surface area contributed by atoms with Crippen LogP contribution in [0.15, 0.2) is 0 Å². The van der Waals surface area contributed by atoms with Gasteiger partial charge < -0.3 is 15.7 Å². The number of aliphatic hydroxyl groups excluding tert-OH is 1. The summed E-state index contributed by atoms with van der Waals surface area (Å²) in [4.78, 5) is 11.9. The largest absolute Gasteiger partial charge is 0.391 e. The smallest absolute Gasteiger partial charge is 0.228 e. The SMILES string of the molecule is CCNc1nc(Cl)nc(NCC(O)CC)n1. The summed E-state index contributed by atoms with van der Waals surface area (Å²) in [6.07, 6.45) is 0.254. The van der Waals surface area contributed by atoms with Gasteiger partial charge in [-0.2, -0.15) is 15.0 Å². The lowest BCUT2D eigenvalue weighted by Gasteiger charge is -2.10. The highest BCUT2D eigenvalue weighted by atomic mass is 35.5. The molecule has 90 valence electrons. The number of rotatable bonds is 6. The van der Waals surface area contributed by atoms with Gasteiger partial charge in [-0.3, -0.25) is 0 Å². The first-order valence-corrected chi connectivity index (χ1v) is 5.60. The van der Waals surface area contributed by atoms with Crippen LogP contribution in [0.2, 0.25) is 5.28 Å². The van der Waals surface area contributed by atoms with Crippen LogP contribution in [0.25, 0.3) is 0 Å². The first-order chi connectivity index (χ1) is 7.65. The Morgan fingerprint density at radius 3 is 2.38 bits per heavy atom. The molecule has 0 aromatic carbocycles. The van der Waals surface area contributed by atoms with E-state index in [0.29, 0.717) is 31.4 Å². The van der Waals surface area contributed by atoms with E-state index in [1.807, 2.05) is 13.8 Å². The van der Waals surface area contributed by atoms with Crippen molar-refractivity contribution in [2.75, 3.05) is 23.7 Å². The summed E-state index contributed by atoms with van der Waals surface area (Å²) in [6, 6.07) is 0. The van der Waals surface area contributed by atoms with E-state index in [-0.39, 0.29) is 5.28 Å². The highest BCUT2D eigenvalue weighted by Gasteiger charge is 2.05. The Balaban J connectivity index is 2.64. The summed E-state index contributed by atoms with van der Waals surface area (Å²) in [7, 11) is 0. The standard InChI is InChI=1S/C9H16ClN5O/c1-3-6(16)5-12-9-14-7(10)13-8(15-9)11-4-2/h6,16H,3-5H2,1-2H3,(H2,11,12,13,14,15). The van der Waals surface area contributed by atoms with Crippen molar-refractivity contribution in [2.45, 2.75) is 26.4 Å². The van der Waals surface area contributed by atoms with Crippen LogP contribution in [0, 0.1) is 0 Å². The molecule has 0 aliphatic carbocycles. The Morgan fingerprint density at radius 2 is 1.81 bits per heavy atom. The van der Waals surface area contributed by atoms with Crippen molar-refractivity contribution in [3.05, 3.63) is 5.28 Å². The molecule has 1 heterocycles. The van der Waals surface area contributed by atoms with Gasteiger partial charge in [0.25, 0.3) is 0 Å². The third-order valence-corrected chi connectivity index (χ3v) is 2.08. The lowest BCUT2D eigenvalue weighted by Crippen LogP contribution is -2.20. The van der Waals surface area contributed by atoms with Gasteiger partial charge >= 0.3 is 0 Å². The van der Waals surface area contributed by atoms with E-state index in [4.69, 9.17) is 11.6 Å². The van der Waals surface area contributed by atoms with Crippen LogP contribution >= 0.6 is 11.6 Å². The molecule has 7 heteroatoms. The normalized spacial score (nSPS) is 12.2. The molecular weight excluding hydrogens is 230 g/mol. The summed E-state index contributed by atoms with van der Waals surface area (Å²) in [6.45, 7) is 4.93. The van der Waals surface area contributed by atoms with Crippen LogP contribution in [0.4, 0.5) is 11.9 Å². The van der Waals surface area contributed by atoms with Crippen LogP contribution in [0.3, 0.4) is 0 Å². The van der Waals surface area contributed by atoms with Gasteiger partial charge in [0.2, 0.25) is 17.2 Å². The Bertz CT molecular complexity index is 336. The molecule has 0 aliphatic heterocycles. The van der Waals surface area contributed by atoms with E-state index in [1.165, 1.54) is 0 Å². The minimum Gasteiger partial charge on any atom is -0.391 e. The van der Waals surface area contributed by atoms with Crippen molar-refractivity contribution >= 4 is 23.5 Å². The topological polar surface area (TPSA) is 83.0 Å². The van der Waals surface area contributed by atoms with Gasteiger partial charge in [-0.05, 0) is 24.9 Å². The highest BCUT2D eigenvalue weighted by molar-refractivity contribution is 6.28. The number of nitrogens with zero attached hydrogens (tertiary/aromatic N) is 3. The fourth-order valence-corrected chi connectivity index (χ4v) is 1.18. The van der Waals surface area contributed by atoms with Crippen LogP contribution in [-0.4, -0.2) is 39.3 Å². The third kappa shape index (κ3) is 4.16. The molecule has 0 saturated heterocycles. The molecule has 16 heavy (non-hydrogen) atoms. The van der Waals surface area contributed by atoms with Gasteiger partial charge in [0.1, 0.15) is 0 Å². The van der Waals surface area contributed by atoms with Crippen molar-refractivity contribution in [1.29, 1.82) is 0 Å². The average Bonchev–Trinajstić information content (AvgIpc) is 2.25. The Kier molecular flexibility index (Phi) is 5.21. The maximum absolute atomic E-state index is 9.38. The summed E-state index contributed by atoms with van der Waals surface area (Å²) in [5.41, 5.74) is 0. The maximum Gasteiger partial charge on any atom is 0.228 e. The van der Waals surface area contributed by atoms with Crippen LogP contribution in [0.1, 0.15) is 20.3 Å². The minimum atomic E-state index is -0.418. The van der Waals surface area contributed by atoms with Crippen molar-refractivity contribution in [3.63, 3.8) is 0 Å². The molecule has 0 fully saturated rings. The van der Waals surface area contributed by atoms with Crippen molar-refractivity contribution < 1.29 is 5.11 Å². The van der Waals surface area contributed by atoms with Crippen molar-refractivity contribution in [2.24, 2.45) is 0 Å². The second kappa shape index (κ2) is 6.44. The zero-order chi connectivity index (χ0) is 12.0. The van der Waals surface area contributed by atoms with Gasteiger partial charge in [0, 0.05) is 13.1 Å². The van der Waals surface area contributed by atoms with Gasteiger partial charge in [-0.25, -0.2) is 0 Å². The van der Waals surface area contributed by atoms with Gasteiger partial charge in [0.05, 0.1) is 6.10 Å². The molecule has 1 rings (SSSR count). The molecule has 0 amide bonds. The monoisotopic (exact) mass is 245 g/mol. The fourth-order valence-electron chi connectivity index (χ4n) is 1.02. The van der Waals surface area contributed by atoms with Gasteiger partial charge in [0.15, 0.2) is 0 Å². The average molecular weight is 246 g/mol. The Morgan fingerprint density at radius 1 is 1.19 bits per heavy atom. The lowest BCUT2D eigenvalue weighted by atomic mass is 10.3. The van der Waals surface area contributed by atoms with Crippen LogP contribution < -0.4 is 10.6 Å². The molecule has 0 aliphatic rings. The minimum absolute atomic E-state index is 0.124. The molecule has 1 atom stereocenters. The first kappa shape index (κ1) is 12.9. The van der Waals surface area contributed by atoms with Crippen LogP contribution in [0.5, 0.6) is 0 Å². The maximum atomic E-state index is 9.38. The van der Waals surface area contributed by atoms with Gasteiger partial charge in [-0.1, -0.05) is 6.92 Å². The van der Waals surface area contributed by atoms with Crippen LogP contribution in [-0.2, 0) is 0 Å². The second-order valence-electron chi connectivity index (χ2n) is 3.22. The highest BCUT2D eigenvalue weighted by Crippen LogP contribution is 2.09. The van der Waals surface area contributed by atoms with E-state index >= 15 is 0 Å². The van der Waals surface area contributed by atoms with E-state index in [1.54, 1.807) is 0 Å². The molecule has 6 nitrogen and oxygen atoms in total. The zero-order valence-corrected chi connectivity index (χ0v) is 10.1. The van der Waals surface area contributed by atoms with Crippen molar-refractivity contribution in [1.82, 2.24) is 15.0 Å². The number of aliphatic hydroxyl groups is 1. The van der Waals surface area contributed by atoms with E-state index < -0.39 is 6.10 Å². The van der Waals surface area contributed by atoms with E-state index in [9.17, 15) is 5.11 Å². The molecule has 0 radical (unpaired) electrons. The fraction of sp³-hybridized carbons (Fsp3) is 0.667. The number of anilines is 2. The Hall–Kier alpha value is -1.14. The molecular formula is C9H16ClN5O. The Labute approximate surface area is 99.5 Å². The first-order valence-electron chi connectivity index (χ1n) is 5.23. The summed E-state index contributed by atoms with van der Waals surface area (Å²) in [5, 5.41) is 15.3. The predicted molar refractivity (Wildman–Crippen MR) is 63.8 cm³/mol. The number of hydrogen-bond donors (Lipinski definition) is 3. The molecule has 0 bridgehead atoms. The molecule has 3 N–H and O–H groups in total. The molecule has 0 spiro atoms. The number of aromatic nitrogens is 3. The summed E-state index contributed by atoms with van der Waals surface area (Å²) >= 11 is 5.73. The van der Waals surface area contributed by atoms with E-state index in [0.717, 1.165) is 0 Å². The van der Waals surface area contributed by atoms with E-state index in [2.05, 4.69) is 25.6 Å². The zero-order valence-electron chi connectivity index (χ0n) is 9.37. The summed E-state index contributed by atoms with van der Waals surface area (Å²) < 4.78 is 0. The lowest BCUT2D eigenvalue weighted by molar-refractivity contribution is 0.183.